The van der Waals surface area contributed by atoms with E-state index < -0.39 is 0 Å². The average molecular weight is 226 g/mol. The number of nitrogens with two attached hydrogens (primary N) is 2. The SMILES string of the molecule is NCC1Oc2ccc(N)cc2-c2ccccc21. The van der Waals surface area contributed by atoms with Crippen LogP contribution in [0.1, 0.15) is 11.7 Å². The van der Waals surface area contributed by atoms with Gasteiger partial charge in [0.25, 0.3) is 0 Å². The highest BCUT2D eigenvalue weighted by Gasteiger charge is 2.24. The predicted octanol–water partition coefficient (Wildman–Crippen LogP) is 2.33. The molecule has 0 spiro atoms. The van der Waals surface area contributed by atoms with Crippen LogP contribution < -0.4 is 16.2 Å². The first kappa shape index (κ1) is 10.2. The van der Waals surface area contributed by atoms with E-state index in [4.69, 9.17) is 16.2 Å². The fraction of sp³-hybridized carbons (Fsp3) is 0.143. The van der Waals surface area contributed by atoms with Crippen LogP contribution >= 0.6 is 0 Å². The Kier molecular flexibility index (Phi) is 2.27. The average Bonchev–Trinajstić information content (AvgIpc) is 2.38. The van der Waals surface area contributed by atoms with Crippen molar-refractivity contribution < 1.29 is 4.74 Å². The molecule has 1 aliphatic heterocycles. The number of ether oxygens (including phenoxy) is 1. The smallest absolute Gasteiger partial charge is 0.137 e. The first-order valence-corrected chi connectivity index (χ1v) is 5.65. The quantitative estimate of drug-likeness (QED) is 0.733. The van der Waals surface area contributed by atoms with Crippen molar-refractivity contribution in [2.45, 2.75) is 6.10 Å². The fourth-order valence-electron chi connectivity index (χ4n) is 2.28. The Labute approximate surface area is 100 Å². The molecule has 86 valence electrons. The molecule has 0 saturated heterocycles. The van der Waals surface area contributed by atoms with Crippen LogP contribution in [0.3, 0.4) is 0 Å². The number of hydrogen-bond donors (Lipinski definition) is 2. The van der Waals surface area contributed by atoms with Gasteiger partial charge in [-0.1, -0.05) is 24.3 Å². The first-order valence-electron chi connectivity index (χ1n) is 5.65. The second-order valence-corrected chi connectivity index (χ2v) is 4.19. The molecule has 17 heavy (non-hydrogen) atoms. The summed E-state index contributed by atoms with van der Waals surface area (Å²) in [6.07, 6.45) is -0.0673. The van der Waals surface area contributed by atoms with Gasteiger partial charge in [0, 0.05) is 23.4 Å². The topological polar surface area (TPSA) is 61.3 Å². The second kappa shape index (κ2) is 3.79. The van der Waals surface area contributed by atoms with E-state index in [9.17, 15) is 0 Å². The van der Waals surface area contributed by atoms with Crippen molar-refractivity contribution in [1.82, 2.24) is 0 Å². The van der Waals surface area contributed by atoms with Gasteiger partial charge in [-0.05, 0) is 23.8 Å². The van der Waals surface area contributed by atoms with Crippen molar-refractivity contribution >= 4 is 5.69 Å². The lowest BCUT2D eigenvalue weighted by atomic mass is 9.92. The molecule has 0 fully saturated rings. The molecule has 4 N–H and O–H groups in total. The third kappa shape index (κ3) is 1.56. The van der Waals surface area contributed by atoms with Gasteiger partial charge >= 0.3 is 0 Å². The second-order valence-electron chi connectivity index (χ2n) is 4.19. The summed E-state index contributed by atoms with van der Waals surface area (Å²) in [7, 11) is 0. The van der Waals surface area contributed by atoms with Crippen molar-refractivity contribution in [3.05, 3.63) is 48.0 Å². The number of hydrogen-bond acceptors (Lipinski definition) is 3. The molecule has 0 aliphatic carbocycles. The monoisotopic (exact) mass is 226 g/mol. The molecule has 3 rings (SSSR count). The zero-order chi connectivity index (χ0) is 11.8. The lowest BCUT2D eigenvalue weighted by molar-refractivity contribution is 0.211. The van der Waals surface area contributed by atoms with Crippen LogP contribution in [0.4, 0.5) is 5.69 Å². The zero-order valence-corrected chi connectivity index (χ0v) is 9.39. The maximum atomic E-state index is 5.88. The summed E-state index contributed by atoms with van der Waals surface area (Å²) in [6.45, 7) is 0.473. The Morgan fingerprint density at radius 1 is 1.06 bits per heavy atom. The van der Waals surface area contributed by atoms with Gasteiger partial charge in [0.2, 0.25) is 0 Å². The van der Waals surface area contributed by atoms with E-state index in [1.54, 1.807) is 0 Å². The summed E-state index contributed by atoms with van der Waals surface area (Å²) in [5, 5.41) is 0. The lowest BCUT2D eigenvalue weighted by Gasteiger charge is -2.28. The summed E-state index contributed by atoms with van der Waals surface area (Å²) in [6, 6.07) is 13.9. The van der Waals surface area contributed by atoms with E-state index in [-0.39, 0.29) is 6.10 Å². The van der Waals surface area contributed by atoms with Gasteiger partial charge in [-0.15, -0.1) is 0 Å². The van der Waals surface area contributed by atoms with Gasteiger partial charge in [0.1, 0.15) is 11.9 Å². The zero-order valence-electron chi connectivity index (χ0n) is 9.39. The van der Waals surface area contributed by atoms with Crippen molar-refractivity contribution in [1.29, 1.82) is 0 Å². The van der Waals surface area contributed by atoms with E-state index in [0.29, 0.717) is 6.54 Å². The Bertz CT molecular complexity index is 566. The van der Waals surface area contributed by atoms with Crippen molar-refractivity contribution in [2.24, 2.45) is 5.73 Å². The van der Waals surface area contributed by atoms with Gasteiger partial charge in [-0.2, -0.15) is 0 Å². The third-order valence-electron chi connectivity index (χ3n) is 3.08. The molecular weight excluding hydrogens is 212 g/mol. The molecule has 0 bridgehead atoms. The van der Waals surface area contributed by atoms with Gasteiger partial charge in [-0.3, -0.25) is 0 Å². The highest BCUT2D eigenvalue weighted by molar-refractivity contribution is 5.78. The summed E-state index contributed by atoms with van der Waals surface area (Å²) in [4.78, 5) is 0. The Morgan fingerprint density at radius 2 is 1.88 bits per heavy atom. The van der Waals surface area contributed by atoms with E-state index in [2.05, 4.69) is 12.1 Å². The lowest BCUT2D eigenvalue weighted by Crippen LogP contribution is -2.22. The highest BCUT2D eigenvalue weighted by atomic mass is 16.5. The minimum Gasteiger partial charge on any atom is -0.484 e. The molecule has 3 heteroatoms. The molecule has 0 radical (unpaired) electrons. The highest BCUT2D eigenvalue weighted by Crippen LogP contribution is 2.42. The largest absolute Gasteiger partial charge is 0.484 e. The molecule has 2 aromatic carbocycles. The minimum absolute atomic E-state index is 0.0673. The van der Waals surface area contributed by atoms with Gasteiger partial charge in [0.05, 0.1) is 0 Å². The van der Waals surface area contributed by atoms with Crippen LogP contribution in [0.15, 0.2) is 42.5 Å². The van der Waals surface area contributed by atoms with Crippen LogP contribution in [-0.2, 0) is 0 Å². The van der Waals surface area contributed by atoms with Crippen molar-refractivity contribution in [3.63, 3.8) is 0 Å². The number of benzene rings is 2. The molecular formula is C14H14N2O. The molecule has 1 atom stereocenters. The third-order valence-corrected chi connectivity index (χ3v) is 3.08. The number of anilines is 1. The maximum absolute atomic E-state index is 5.88. The van der Waals surface area contributed by atoms with E-state index >= 15 is 0 Å². The molecule has 0 aromatic heterocycles. The standard InChI is InChI=1S/C14H14N2O/c15-8-14-11-4-2-1-3-10(11)12-7-9(16)5-6-13(12)17-14/h1-7,14H,8,15-16H2. The molecule has 0 amide bonds. The summed E-state index contributed by atoms with van der Waals surface area (Å²) < 4.78 is 5.88. The Balaban J connectivity index is 2.24. The summed E-state index contributed by atoms with van der Waals surface area (Å²) >= 11 is 0. The minimum atomic E-state index is -0.0673. The van der Waals surface area contributed by atoms with Crippen LogP contribution in [0.5, 0.6) is 5.75 Å². The number of nitrogen functional groups attached to an aromatic ring is 1. The molecule has 3 nitrogen and oxygen atoms in total. The molecule has 1 heterocycles. The van der Waals surface area contributed by atoms with Gasteiger partial charge < -0.3 is 16.2 Å². The van der Waals surface area contributed by atoms with E-state index in [0.717, 1.165) is 28.1 Å². The molecule has 2 aromatic rings. The predicted molar refractivity (Wildman–Crippen MR) is 68.7 cm³/mol. The summed E-state index contributed by atoms with van der Waals surface area (Å²) in [5.74, 6) is 0.855. The normalized spacial score (nSPS) is 16.9. The van der Waals surface area contributed by atoms with E-state index in [1.165, 1.54) is 0 Å². The van der Waals surface area contributed by atoms with Crippen LogP contribution in [0.25, 0.3) is 11.1 Å². The Hall–Kier alpha value is -2.00. The Morgan fingerprint density at radius 3 is 2.71 bits per heavy atom. The van der Waals surface area contributed by atoms with Gasteiger partial charge in [-0.25, -0.2) is 0 Å². The van der Waals surface area contributed by atoms with Crippen LogP contribution in [0, 0.1) is 0 Å². The molecule has 1 unspecified atom stereocenters. The van der Waals surface area contributed by atoms with Crippen molar-refractivity contribution in [3.8, 4) is 16.9 Å². The number of fused-ring (bicyclic) bond motifs is 3. The fourth-order valence-corrected chi connectivity index (χ4v) is 2.28. The number of rotatable bonds is 1. The first-order chi connectivity index (χ1) is 8.29. The van der Waals surface area contributed by atoms with Crippen LogP contribution in [-0.4, -0.2) is 6.54 Å². The maximum Gasteiger partial charge on any atom is 0.137 e. The van der Waals surface area contributed by atoms with Gasteiger partial charge in [0.15, 0.2) is 0 Å². The molecule has 1 aliphatic rings. The molecule has 0 saturated carbocycles. The van der Waals surface area contributed by atoms with Crippen molar-refractivity contribution in [2.75, 3.05) is 12.3 Å². The van der Waals surface area contributed by atoms with Crippen LogP contribution in [0.2, 0.25) is 0 Å². The summed E-state index contributed by atoms with van der Waals surface area (Å²) in [5.41, 5.74) is 15.7. The van der Waals surface area contributed by atoms with E-state index in [1.807, 2.05) is 30.3 Å².